The van der Waals surface area contributed by atoms with E-state index in [-0.39, 0.29) is 18.8 Å². The lowest BCUT2D eigenvalue weighted by atomic mass is 10.1. The fraction of sp³-hybridized carbons (Fsp3) is 0.167. The van der Waals surface area contributed by atoms with Crippen molar-refractivity contribution in [1.82, 2.24) is 5.32 Å². The quantitative estimate of drug-likeness (QED) is 0.503. The summed E-state index contributed by atoms with van der Waals surface area (Å²) < 4.78 is 34.1. The van der Waals surface area contributed by atoms with Crippen molar-refractivity contribution >= 4 is 17.7 Å². The van der Waals surface area contributed by atoms with E-state index in [1.807, 2.05) is 60.7 Å². The fourth-order valence-corrected chi connectivity index (χ4v) is 2.92. The van der Waals surface area contributed by atoms with Gasteiger partial charge in [0.1, 0.15) is 18.4 Å². The maximum Gasteiger partial charge on any atom is 0.408 e. The molecule has 6 nitrogen and oxygen atoms in total. The van der Waals surface area contributed by atoms with Gasteiger partial charge in [-0.2, -0.15) is 8.78 Å². The van der Waals surface area contributed by atoms with Crippen molar-refractivity contribution < 1.29 is 27.8 Å². The smallest absolute Gasteiger partial charge is 0.408 e. The molecule has 0 fully saturated rings. The van der Waals surface area contributed by atoms with Gasteiger partial charge in [-0.05, 0) is 35.4 Å². The van der Waals surface area contributed by atoms with Crippen LogP contribution in [0.25, 0.3) is 0 Å². The van der Waals surface area contributed by atoms with Crippen LogP contribution in [-0.2, 0) is 22.6 Å². The predicted molar refractivity (Wildman–Crippen MR) is 115 cm³/mol. The molecule has 0 aliphatic rings. The van der Waals surface area contributed by atoms with E-state index in [0.29, 0.717) is 5.69 Å². The zero-order valence-electron chi connectivity index (χ0n) is 17.0. The molecule has 3 aromatic carbocycles. The molecule has 0 saturated heterocycles. The second-order valence-corrected chi connectivity index (χ2v) is 6.84. The van der Waals surface area contributed by atoms with E-state index in [9.17, 15) is 18.4 Å². The third-order valence-electron chi connectivity index (χ3n) is 4.45. The lowest BCUT2D eigenvalue weighted by Crippen LogP contribution is -2.45. The number of carbonyl (C=O) groups excluding carboxylic acids is 2. The van der Waals surface area contributed by atoms with Crippen LogP contribution in [0, 0.1) is 0 Å². The highest BCUT2D eigenvalue weighted by molar-refractivity contribution is 5.96. The van der Waals surface area contributed by atoms with Gasteiger partial charge in [-0.1, -0.05) is 60.7 Å². The summed E-state index contributed by atoms with van der Waals surface area (Å²) in [5.41, 5.74) is 2.03. The van der Waals surface area contributed by atoms with Crippen molar-refractivity contribution in [3.8, 4) is 5.75 Å². The van der Waals surface area contributed by atoms with Gasteiger partial charge in [0.2, 0.25) is 5.91 Å². The number of rotatable bonds is 9. The molecule has 0 radical (unpaired) electrons. The van der Waals surface area contributed by atoms with Crippen LogP contribution in [0.5, 0.6) is 5.75 Å². The Balaban J connectivity index is 1.64. The summed E-state index contributed by atoms with van der Waals surface area (Å²) in [7, 11) is 0. The number of benzene rings is 3. The van der Waals surface area contributed by atoms with E-state index in [4.69, 9.17) is 4.74 Å². The summed E-state index contributed by atoms with van der Waals surface area (Å²) >= 11 is 0. The number of ether oxygens (including phenoxy) is 2. The average Bonchev–Trinajstić information content (AvgIpc) is 2.79. The van der Waals surface area contributed by atoms with E-state index in [0.717, 1.165) is 11.1 Å². The highest BCUT2D eigenvalue weighted by Gasteiger charge is 2.22. The summed E-state index contributed by atoms with van der Waals surface area (Å²) in [6.45, 7) is -2.87. The van der Waals surface area contributed by atoms with Gasteiger partial charge >= 0.3 is 12.7 Å². The van der Waals surface area contributed by atoms with Crippen LogP contribution in [0.2, 0.25) is 0 Å². The van der Waals surface area contributed by atoms with Crippen molar-refractivity contribution in [2.45, 2.75) is 25.7 Å². The molecule has 0 unspecified atom stereocenters. The van der Waals surface area contributed by atoms with Gasteiger partial charge in [0.05, 0.1) is 0 Å². The zero-order valence-corrected chi connectivity index (χ0v) is 17.0. The third-order valence-corrected chi connectivity index (χ3v) is 4.45. The summed E-state index contributed by atoms with van der Waals surface area (Å²) in [6.07, 6.45) is -0.495. The number of hydrogen-bond donors (Lipinski definition) is 2. The number of alkyl halides is 2. The first-order chi connectivity index (χ1) is 15.5. The molecule has 3 rings (SSSR count). The minimum Gasteiger partial charge on any atom is -0.445 e. The maximum absolute atomic E-state index is 12.9. The average molecular weight is 440 g/mol. The Kier molecular flexibility index (Phi) is 8.14. The van der Waals surface area contributed by atoms with E-state index in [1.165, 1.54) is 24.3 Å². The molecular weight excluding hydrogens is 418 g/mol. The van der Waals surface area contributed by atoms with Crippen molar-refractivity contribution in [3.05, 3.63) is 96.1 Å². The normalized spacial score (nSPS) is 11.5. The van der Waals surface area contributed by atoms with Gasteiger partial charge in [0.25, 0.3) is 0 Å². The van der Waals surface area contributed by atoms with Gasteiger partial charge in [0, 0.05) is 12.1 Å². The molecule has 2 amide bonds. The molecule has 0 aliphatic heterocycles. The number of anilines is 1. The topological polar surface area (TPSA) is 76.7 Å². The number of carbonyl (C=O) groups is 2. The maximum atomic E-state index is 12.9. The first-order valence-corrected chi connectivity index (χ1v) is 9.86. The summed E-state index contributed by atoms with van der Waals surface area (Å²) in [5, 5.41) is 5.27. The Bertz CT molecular complexity index is 1000. The van der Waals surface area contributed by atoms with Crippen LogP contribution in [0.15, 0.2) is 84.9 Å². The zero-order chi connectivity index (χ0) is 22.8. The first-order valence-electron chi connectivity index (χ1n) is 9.86. The number of amides is 2. The molecule has 0 saturated carbocycles. The standard InChI is InChI=1S/C24H22F2N2O4/c25-23(26)32-20-13-11-19(12-14-20)27-22(29)21(15-17-7-3-1-4-8-17)28-24(30)31-16-18-9-5-2-6-10-18/h1-14,21,23H,15-16H2,(H,27,29)(H,28,30)/t21-/m0/s1. The van der Waals surface area contributed by atoms with Crippen molar-refractivity contribution in [2.24, 2.45) is 0 Å². The monoisotopic (exact) mass is 440 g/mol. The van der Waals surface area contributed by atoms with Crippen LogP contribution in [-0.4, -0.2) is 24.7 Å². The number of hydrogen-bond acceptors (Lipinski definition) is 4. The second-order valence-electron chi connectivity index (χ2n) is 6.84. The molecular formula is C24H22F2N2O4. The minimum absolute atomic E-state index is 0.0264. The van der Waals surface area contributed by atoms with Crippen LogP contribution >= 0.6 is 0 Å². The highest BCUT2D eigenvalue weighted by atomic mass is 19.3. The highest BCUT2D eigenvalue weighted by Crippen LogP contribution is 2.18. The minimum atomic E-state index is -2.93. The Morgan fingerprint density at radius 2 is 1.41 bits per heavy atom. The molecule has 2 N–H and O–H groups in total. The largest absolute Gasteiger partial charge is 0.445 e. The Morgan fingerprint density at radius 3 is 2.00 bits per heavy atom. The Hall–Kier alpha value is -3.94. The summed E-state index contributed by atoms with van der Waals surface area (Å²) in [5.74, 6) is -0.505. The van der Waals surface area contributed by atoms with Gasteiger partial charge in [-0.15, -0.1) is 0 Å². The van der Waals surface area contributed by atoms with Gasteiger partial charge < -0.3 is 20.1 Å². The second kappa shape index (κ2) is 11.5. The molecule has 32 heavy (non-hydrogen) atoms. The number of halogens is 2. The van der Waals surface area contributed by atoms with E-state index >= 15 is 0 Å². The third kappa shape index (κ3) is 7.39. The Morgan fingerprint density at radius 1 is 0.812 bits per heavy atom. The van der Waals surface area contributed by atoms with E-state index in [1.54, 1.807) is 0 Å². The van der Waals surface area contributed by atoms with Crippen LogP contribution < -0.4 is 15.4 Å². The lowest BCUT2D eigenvalue weighted by molar-refractivity contribution is -0.118. The molecule has 0 aromatic heterocycles. The molecule has 0 aliphatic carbocycles. The van der Waals surface area contributed by atoms with Crippen LogP contribution in [0.1, 0.15) is 11.1 Å². The van der Waals surface area contributed by atoms with E-state index in [2.05, 4.69) is 15.4 Å². The van der Waals surface area contributed by atoms with Crippen molar-refractivity contribution in [3.63, 3.8) is 0 Å². The SMILES string of the molecule is O=C(N[C@@H](Cc1ccccc1)C(=O)Nc1ccc(OC(F)F)cc1)OCc1ccccc1. The van der Waals surface area contributed by atoms with Gasteiger partial charge in [-0.25, -0.2) is 4.79 Å². The van der Waals surface area contributed by atoms with Crippen molar-refractivity contribution in [1.29, 1.82) is 0 Å². The molecule has 8 heteroatoms. The summed E-state index contributed by atoms with van der Waals surface area (Å²) in [6, 6.07) is 22.9. The molecule has 0 heterocycles. The van der Waals surface area contributed by atoms with Crippen LogP contribution in [0.4, 0.5) is 19.3 Å². The van der Waals surface area contributed by atoms with Crippen molar-refractivity contribution in [2.75, 3.05) is 5.32 Å². The molecule has 3 aromatic rings. The number of nitrogens with one attached hydrogen (secondary N) is 2. The van der Waals surface area contributed by atoms with E-state index < -0.39 is 24.7 Å². The predicted octanol–water partition coefficient (Wildman–Crippen LogP) is 4.76. The van der Waals surface area contributed by atoms with Gasteiger partial charge in [-0.3, -0.25) is 4.79 Å². The molecule has 1 atom stereocenters. The summed E-state index contributed by atoms with van der Waals surface area (Å²) in [4.78, 5) is 25.2. The first kappa shape index (κ1) is 22.7. The fourth-order valence-electron chi connectivity index (χ4n) is 2.92. The van der Waals surface area contributed by atoms with Gasteiger partial charge in [0.15, 0.2) is 0 Å². The number of alkyl carbamates (subject to hydrolysis) is 1. The molecule has 166 valence electrons. The lowest BCUT2D eigenvalue weighted by Gasteiger charge is -2.19. The Labute approximate surface area is 184 Å². The van der Waals surface area contributed by atoms with Crippen LogP contribution in [0.3, 0.4) is 0 Å². The molecule has 0 bridgehead atoms. The molecule has 0 spiro atoms.